The summed E-state index contributed by atoms with van der Waals surface area (Å²) in [5.41, 5.74) is 1.21. The molecule has 0 atom stereocenters. The summed E-state index contributed by atoms with van der Waals surface area (Å²) in [5.74, 6) is -0.391. The Bertz CT molecular complexity index is 778. The molecule has 2 aliphatic heterocycles. The van der Waals surface area contributed by atoms with Crippen LogP contribution in [-0.2, 0) is 9.59 Å². The molecule has 0 aromatic heterocycles. The van der Waals surface area contributed by atoms with Crippen molar-refractivity contribution in [2.75, 3.05) is 44.7 Å². The van der Waals surface area contributed by atoms with Gasteiger partial charge in [-0.1, -0.05) is 25.0 Å². The lowest BCUT2D eigenvalue weighted by atomic mass is 10.1. The van der Waals surface area contributed by atoms with Crippen molar-refractivity contribution in [3.8, 4) is 0 Å². The number of nitrogens with zero attached hydrogens (tertiary/aromatic N) is 3. The average Bonchev–Trinajstić information content (AvgIpc) is 3.25. The molecule has 2 heterocycles. The van der Waals surface area contributed by atoms with Crippen molar-refractivity contribution in [2.24, 2.45) is 5.92 Å². The minimum Gasteiger partial charge on any atom is -0.337 e. The first-order valence-corrected chi connectivity index (χ1v) is 9.84. The summed E-state index contributed by atoms with van der Waals surface area (Å²) in [5, 5.41) is 0. The number of para-hydroxylation sites is 1. The number of carbonyl (C=O) groups excluding carboxylic acids is 2. The lowest BCUT2D eigenvalue weighted by molar-refractivity contribution is -0.127. The van der Waals surface area contributed by atoms with Gasteiger partial charge in [0.1, 0.15) is 5.82 Å². The van der Waals surface area contributed by atoms with Gasteiger partial charge in [0.2, 0.25) is 5.91 Å². The highest BCUT2D eigenvalue weighted by Crippen LogP contribution is 2.40. The lowest BCUT2D eigenvalue weighted by Gasteiger charge is -2.31. The van der Waals surface area contributed by atoms with Crippen LogP contribution in [0.1, 0.15) is 31.2 Å². The second kappa shape index (κ2) is 7.43. The number of hydrogen-bond donors (Lipinski definition) is 0. The van der Waals surface area contributed by atoms with Gasteiger partial charge in [0.05, 0.1) is 11.3 Å². The lowest BCUT2D eigenvalue weighted by Crippen LogP contribution is -2.46. The summed E-state index contributed by atoms with van der Waals surface area (Å²) in [6.07, 6.45) is 5.91. The van der Waals surface area contributed by atoms with Gasteiger partial charge in [0.25, 0.3) is 5.91 Å². The molecule has 144 valence electrons. The van der Waals surface area contributed by atoms with Crippen molar-refractivity contribution >= 4 is 23.1 Å². The fourth-order valence-electron chi connectivity index (χ4n) is 4.38. The number of carbonyl (C=O) groups is 2. The second-order valence-electron chi connectivity index (χ2n) is 7.89. The molecule has 4 rings (SSSR count). The van der Waals surface area contributed by atoms with Crippen LogP contribution >= 0.6 is 0 Å². The fourth-order valence-corrected chi connectivity index (χ4v) is 4.38. The Morgan fingerprint density at radius 3 is 2.59 bits per heavy atom. The van der Waals surface area contributed by atoms with Crippen LogP contribution in [0.3, 0.4) is 0 Å². The third kappa shape index (κ3) is 3.50. The van der Waals surface area contributed by atoms with Gasteiger partial charge in [-0.3, -0.25) is 9.59 Å². The molecule has 27 heavy (non-hydrogen) atoms. The molecule has 1 saturated carbocycles. The van der Waals surface area contributed by atoms with E-state index in [0.717, 1.165) is 25.9 Å². The highest BCUT2D eigenvalue weighted by molar-refractivity contribution is 6.34. The number of hydrogen-bond acceptors (Lipinski definition) is 3. The number of benzene rings is 1. The molecule has 0 radical (unpaired) electrons. The molecule has 5 nitrogen and oxygen atoms in total. The van der Waals surface area contributed by atoms with Crippen LogP contribution < -0.4 is 4.90 Å². The molecular weight excluding hydrogens is 345 g/mol. The summed E-state index contributed by atoms with van der Waals surface area (Å²) in [6.45, 7) is 3.47. The molecule has 0 spiro atoms. The molecule has 0 N–H and O–H groups in total. The van der Waals surface area contributed by atoms with Gasteiger partial charge < -0.3 is 14.7 Å². The van der Waals surface area contributed by atoms with Gasteiger partial charge in [-0.05, 0) is 31.9 Å². The first-order chi connectivity index (χ1) is 13.0. The summed E-state index contributed by atoms with van der Waals surface area (Å²) >= 11 is 0. The molecule has 3 aliphatic rings. The number of rotatable bonds is 3. The highest BCUT2D eigenvalue weighted by atomic mass is 19.1. The molecule has 0 bridgehead atoms. The summed E-state index contributed by atoms with van der Waals surface area (Å²) in [6, 6.07) is 4.74. The molecule has 6 heteroatoms. The maximum absolute atomic E-state index is 14.6. The number of piperazine rings is 1. The maximum Gasteiger partial charge on any atom is 0.259 e. The largest absolute Gasteiger partial charge is 0.337 e. The number of amides is 2. The van der Waals surface area contributed by atoms with Gasteiger partial charge in [0, 0.05) is 44.4 Å². The predicted molar refractivity (Wildman–Crippen MR) is 103 cm³/mol. The van der Waals surface area contributed by atoms with Crippen molar-refractivity contribution in [3.63, 3.8) is 0 Å². The van der Waals surface area contributed by atoms with Crippen molar-refractivity contribution in [1.29, 1.82) is 0 Å². The van der Waals surface area contributed by atoms with E-state index in [-0.39, 0.29) is 11.8 Å². The Morgan fingerprint density at radius 1 is 1.19 bits per heavy atom. The minimum atomic E-state index is -0.394. The average molecular weight is 371 g/mol. The Kier molecular flexibility index (Phi) is 5.00. The highest BCUT2D eigenvalue weighted by Gasteiger charge is 2.37. The van der Waals surface area contributed by atoms with Gasteiger partial charge in [-0.2, -0.15) is 0 Å². The Balaban J connectivity index is 1.62. The number of likely N-dealkylation sites (N-methyl/N-ethyl adjacent to an activating group) is 1. The molecule has 1 aromatic rings. The normalized spacial score (nSPS) is 22.7. The third-order valence-electron chi connectivity index (χ3n) is 6.02. The molecule has 1 aliphatic carbocycles. The minimum absolute atomic E-state index is 0.163. The fraction of sp³-hybridized carbons (Fsp3) is 0.524. The van der Waals surface area contributed by atoms with Crippen LogP contribution in [0.25, 0.3) is 5.57 Å². The Labute approximate surface area is 159 Å². The van der Waals surface area contributed by atoms with E-state index in [0.29, 0.717) is 42.4 Å². The zero-order valence-electron chi connectivity index (χ0n) is 15.8. The van der Waals surface area contributed by atoms with E-state index < -0.39 is 5.82 Å². The van der Waals surface area contributed by atoms with E-state index in [1.165, 1.54) is 25.0 Å². The topological polar surface area (TPSA) is 43.9 Å². The van der Waals surface area contributed by atoms with Crippen LogP contribution in [-0.4, -0.2) is 61.4 Å². The van der Waals surface area contributed by atoms with E-state index in [2.05, 4.69) is 4.90 Å². The van der Waals surface area contributed by atoms with Crippen LogP contribution in [0, 0.1) is 11.7 Å². The van der Waals surface area contributed by atoms with Gasteiger partial charge in [0.15, 0.2) is 0 Å². The maximum atomic E-state index is 14.6. The van der Waals surface area contributed by atoms with Crippen LogP contribution in [0.2, 0.25) is 0 Å². The van der Waals surface area contributed by atoms with E-state index in [1.807, 2.05) is 7.05 Å². The summed E-state index contributed by atoms with van der Waals surface area (Å²) < 4.78 is 14.6. The van der Waals surface area contributed by atoms with Gasteiger partial charge in [-0.25, -0.2) is 4.39 Å². The van der Waals surface area contributed by atoms with Crippen LogP contribution in [0.4, 0.5) is 10.1 Å². The first kappa shape index (κ1) is 18.2. The molecular formula is C21H26FN3O2. The predicted octanol–water partition coefficient (Wildman–Crippen LogP) is 2.52. The van der Waals surface area contributed by atoms with E-state index >= 15 is 0 Å². The SMILES string of the molecule is CN1CCN(C(=O)/C=C2/C(=O)N(CC3CCCC3)c3c(F)cccc32)CC1. The quantitative estimate of drug-likeness (QED) is 0.767. The molecule has 0 unspecified atom stereocenters. The third-order valence-corrected chi connectivity index (χ3v) is 6.02. The Morgan fingerprint density at radius 2 is 1.89 bits per heavy atom. The summed E-state index contributed by atoms with van der Waals surface area (Å²) in [4.78, 5) is 31.3. The molecule has 1 aromatic carbocycles. The van der Waals surface area contributed by atoms with Gasteiger partial charge in [-0.15, -0.1) is 0 Å². The Hall–Kier alpha value is -2.21. The monoisotopic (exact) mass is 371 g/mol. The number of fused-ring (bicyclic) bond motifs is 1. The van der Waals surface area contributed by atoms with Crippen molar-refractivity contribution in [2.45, 2.75) is 25.7 Å². The van der Waals surface area contributed by atoms with Crippen molar-refractivity contribution in [1.82, 2.24) is 9.80 Å². The first-order valence-electron chi connectivity index (χ1n) is 9.84. The van der Waals surface area contributed by atoms with E-state index in [9.17, 15) is 14.0 Å². The van der Waals surface area contributed by atoms with Crippen LogP contribution in [0.5, 0.6) is 0 Å². The van der Waals surface area contributed by atoms with Crippen molar-refractivity contribution in [3.05, 3.63) is 35.7 Å². The van der Waals surface area contributed by atoms with E-state index in [4.69, 9.17) is 0 Å². The molecule has 2 amide bonds. The van der Waals surface area contributed by atoms with Gasteiger partial charge >= 0.3 is 0 Å². The zero-order chi connectivity index (χ0) is 19.0. The second-order valence-corrected chi connectivity index (χ2v) is 7.89. The summed E-state index contributed by atoms with van der Waals surface area (Å²) in [7, 11) is 2.03. The number of halogens is 1. The smallest absolute Gasteiger partial charge is 0.259 e. The number of anilines is 1. The van der Waals surface area contributed by atoms with E-state index in [1.54, 1.807) is 21.9 Å². The molecule has 2 fully saturated rings. The zero-order valence-corrected chi connectivity index (χ0v) is 15.8. The van der Waals surface area contributed by atoms with Crippen LogP contribution in [0.15, 0.2) is 24.3 Å². The standard InChI is InChI=1S/C21H26FN3O2/c1-23-9-11-24(12-10-23)19(26)13-17-16-7-4-8-18(22)20(16)25(21(17)27)14-15-5-2-3-6-15/h4,7-8,13,15H,2-3,5-6,9-12,14H2,1H3/b17-13+. The molecule has 1 saturated heterocycles. The van der Waals surface area contributed by atoms with Crippen molar-refractivity contribution < 1.29 is 14.0 Å².